The molecule has 1 aromatic heterocycles. The lowest BCUT2D eigenvalue weighted by Crippen LogP contribution is -2.48. The highest BCUT2D eigenvalue weighted by Gasteiger charge is 2.41. The summed E-state index contributed by atoms with van der Waals surface area (Å²) in [4.78, 5) is 19.5. The van der Waals surface area contributed by atoms with Gasteiger partial charge in [0.1, 0.15) is 11.9 Å². The molecule has 3 aromatic rings. The van der Waals surface area contributed by atoms with Crippen LogP contribution < -0.4 is 10.2 Å². The van der Waals surface area contributed by atoms with Crippen LogP contribution in [0.4, 0.5) is 17.6 Å². The second kappa shape index (κ2) is 12.5. The third kappa shape index (κ3) is 6.47. The average molecular weight is 566 g/mol. The van der Waals surface area contributed by atoms with Crippen LogP contribution in [0.25, 0.3) is 10.9 Å². The summed E-state index contributed by atoms with van der Waals surface area (Å²) >= 11 is 1.21. The van der Waals surface area contributed by atoms with Gasteiger partial charge in [-0.15, -0.1) is 11.8 Å². The lowest BCUT2D eigenvalue weighted by molar-refractivity contribution is -0.143. The fourth-order valence-electron chi connectivity index (χ4n) is 5.20. The van der Waals surface area contributed by atoms with Gasteiger partial charge in [-0.05, 0) is 87.2 Å². The molecule has 39 heavy (non-hydrogen) atoms. The van der Waals surface area contributed by atoms with E-state index in [9.17, 15) is 23.2 Å². The van der Waals surface area contributed by atoms with Gasteiger partial charge in [0.25, 0.3) is 0 Å². The lowest BCUT2D eigenvalue weighted by Gasteiger charge is -2.40. The summed E-state index contributed by atoms with van der Waals surface area (Å²) in [5.41, 5.74) is 2.72. The van der Waals surface area contributed by atoms with Gasteiger partial charge in [0, 0.05) is 28.8 Å². The number of rotatable bonds is 10. The number of likely N-dealkylation sites (tertiary alicyclic amines) is 1. The standard InChI is InChI=1S/C28H31F4N3O3S/c1-17-16-33-24-4-3-18(38-2)13-20(24)25(17)21(29)5-6-28(27(36)34-37)7-9-35(10-8-28)11-12-39-19-14-22(30)26(32)23(31)15-19/h3-4,13-16,21,37H,5-12H2,1-2H3,(H,34,36)/t21-/m1/s1. The molecule has 0 aliphatic carbocycles. The number of piperidine rings is 1. The van der Waals surface area contributed by atoms with Gasteiger partial charge in [0.05, 0.1) is 18.0 Å². The van der Waals surface area contributed by atoms with Gasteiger partial charge in [-0.2, -0.15) is 0 Å². The van der Waals surface area contributed by atoms with E-state index in [1.807, 2.05) is 0 Å². The number of hydrogen-bond donors (Lipinski definition) is 2. The Balaban J connectivity index is 1.39. The van der Waals surface area contributed by atoms with E-state index in [0.29, 0.717) is 70.9 Å². The normalized spacial score (nSPS) is 16.3. The number of nitrogens with one attached hydrogen (secondary N) is 1. The van der Waals surface area contributed by atoms with Crippen molar-refractivity contribution in [3.63, 3.8) is 0 Å². The predicted octanol–water partition coefficient (Wildman–Crippen LogP) is 6.14. The monoisotopic (exact) mass is 565 g/mol. The van der Waals surface area contributed by atoms with Gasteiger partial charge in [-0.25, -0.2) is 23.0 Å². The first-order chi connectivity index (χ1) is 18.7. The van der Waals surface area contributed by atoms with Crippen molar-refractivity contribution in [3.05, 3.63) is 65.1 Å². The molecule has 0 spiro atoms. The zero-order chi connectivity index (χ0) is 28.2. The highest BCUT2D eigenvalue weighted by molar-refractivity contribution is 7.99. The molecule has 0 bridgehead atoms. The maximum absolute atomic E-state index is 15.8. The van der Waals surface area contributed by atoms with Crippen LogP contribution in [0.2, 0.25) is 0 Å². The van der Waals surface area contributed by atoms with Gasteiger partial charge in [-0.1, -0.05) is 0 Å². The Morgan fingerprint density at radius 3 is 2.54 bits per heavy atom. The van der Waals surface area contributed by atoms with Crippen LogP contribution in [0.5, 0.6) is 5.75 Å². The Kier molecular flexibility index (Phi) is 9.35. The molecule has 2 N–H and O–H groups in total. The van der Waals surface area contributed by atoms with E-state index >= 15 is 4.39 Å². The van der Waals surface area contributed by atoms with E-state index < -0.39 is 34.9 Å². The number of halogens is 4. The number of ether oxygens (including phenoxy) is 1. The molecule has 1 aliphatic heterocycles. The molecule has 11 heteroatoms. The Labute approximate surface area is 228 Å². The molecule has 2 aromatic carbocycles. The molecule has 2 heterocycles. The van der Waals surface area contributed by atoms with Crippen LogP contribution in [0, 0.1) is 29.8 Å². The summed E-state index contributed by atoms with van der Waals surface area (Å²) < 4.78 is 61.2. The fourth-order valence-corrected chi connectivity index (χ4v) is 6.16. The Morgan fingerprint density at radius 2 is 1.90 bits per heavy atom. The summed E-state index contributed by atoms with van der Waals surface area (Å²) in [5, 5.41) is 10.1. The van der Waals surface area contributed by atoms with Crippen molar-refractivity contribution in [2.45, 2.75) is 43.7 Å². The summed E-state index contributed by atoms with van der Waals surface area (Å²) in [6.07, 6.45) is 1.45. The van der Waals surface area contributed by atoms with E-state index in [1.165, 1.54) is 11.8 Å². The topological polar surface area (TPSA) is 74.7 Å². The van der Waals surface area contributed by atoms with Gasteiger partial charge < -0.3 is 9.64 Å². The number of methoxy groups -OCH3 is 1. The molecule has 1 saturated heterocycles. The summed E-state index contributed by atoms with van der Waals surface area (Å²) in [6.45, 7) is 3.45. The number of hydroxylamine groups is 1. The highest BCUT2D eigenvalue weighted by atomic mass is 32.2. The highest BCUT2D eigenvalue weighted by Crippen LogP contribution is 2.41. The number of carbonyl (C=O) groups excluding carboxylic acids is 1. The van der Waals surface area contributed by atoms with E-state index in [0.717, 1.165) is 12.1 Å². The summed E-state index contributed by atoms with van der Waals surface area (Å²) in [6, 6.07) is 7.24. The fraction of sp³-hybridized carbons (Fsp3) is 0.429. The minimum absolute atomic E-state index is 0.0854. The van der Waals surface area contributed by atoms with Crippen LogP contribution in [0.3, 0.4) is 0 Å². The van der Waals surface area contributed by atoms with E-state index in [1.54, 1.807) is 43.9 Å². The molecule has 0 radical (unpaired) electrons. The minimum atomic E-state index is -1.49. The first-order valence-corrected chi connectivity index (χ1v) is 13.7. The minimum Gasteiger partial charge on any atom is -0.497 e. The van der Waals surface area contributed by atoms with Crippen LogP contribution in [0.1, 0.15) is 43.0 Å². The first kappa shape index (κ1) is 29.1. The molecule has 0 saturated carbocycles. The van der Waals surface area contributed by atoms with Gasteiger partial charge in [-0.3, -0.25) is 15.0 Å². The number of aromatic nitrogens is 1. The smallest absolute Gasteiger partial charge is 0.249 e. The van der Waals surface area contributed by atoms with Gasteiger partial charge in [0.2, 0.25) is 5.91 Å². The number of nitrogens with zero attached hydrogens (tertiary/aromatic N) is 2. The number of fused-ring (bicyclic) bond motifs is 1. The first-order valence-electron chi connectivity index (χ1n) is 12.7. The maximum Gasteiger partial charge on any atom is 0.249 e. The van der Waals surface area contributed by atoms with E-state index in [2.05, 4.69) is 9.88 Å². The van der Waals surface area contributed by atoms with E-state index in [-0.39, 0.29) is 12.8 Å². The number of amides is 1. The second-order valence-electron chi connectivity index (χ2n) is 9.86. The SMILES string of the molecule is COc1ccc2ncc(C)c([C@H](F)CCC3(C(=O)NO)CCN(CCSc4cc(F)c(F)c(F)c4)CC3)c2c1. The molecule has 0 unspecified atom stereocenters. The van der Waals surface area contributed by atoms with Crippen LogP contribution >= 0.6 is 11.8 Å². The van der Waals surface area contributed by atoms with Crippen molar-refractivity contribution >= 4 is 28.6 Å². The Hall–Kier alpha value is -2.89. The van der Waals surface area contributed by atoms with Gasteiger partial charge >= 0.3 is 0 Å². The third-order valence-electron chi connectivity index (χ3n) is 7.54. The van der Waals surface area contributed by atoms with Crippen LogP contribution in [-0.2, 0) is 4.79 Å². The number of thioether (sulfide) groups is 1. The van der Waals surface area contributed by atoms with E-state index in [4.69, 9.17) is 4.74 Å². The van der Waals surface area contributed by atoms with Crippen molar-refractivity contribution in [2.24, 2.45) is 5.41 Å². The maximum atomic E-state index is 15.8. The van der Waals surface area contributed by atoms with Crippen molar-refractivity contribution in [1.29, 1.82) is 0 Å². The summed E-state index contributed by atoms with van der Waals surface area (Å²) in [7, 11) is 1.54. The molecule has 6 nitrogen and oxygen atoms in total. The molecule has 210 valence electrons. The largest absolute Gasteiger partial charge is 0.497 e. The second-order valence-corrected chi connectivity index (χ2v) is 11.0. The van der Waals surface area contributed by atoms with Crippen molar-refractivity contribution in [1.82, 2.24) is 15.4 Å². The quantitative estimate of drug-likeness (QED) is 0.101. The number of alkyl halides is 1. The molecular weight excluding hydrogens is 534 g/mol. The van der Waals surface area contributed by atoms with Crippen molar-refractivity contribution in [3.8, 4) is 5.75 Å². The van der Waals surface area contributed by atoms with Gasteiger partial charge in [0.15, 0.2) is 17.5 Å². The molecule has 1 atom stereocenters. The molecule has 1 amide bonds. The number of aryl methyl sites for hydroxylation is 1. The zero-order valence-electron chi connectivity index (χ0n) is 21.8. The van der Waals surface area contributed by atoms with Crippen LogP contribution in [-0.4, -0.2) is 53.5 Å². The Morgan fingerprint density at radius 1 is 1.21 bits per heavy atom. The number of benzene rings is 2. The number of pyridine rings is 1. The molecule has 4 rings (SSSR count). The third-order valence-corrected chi connectivity index (χ3v) is 8.49. The zero-order valence-corrected chi connectivity index (χ0v) is 22.6. The molecule has 1 aliphatic rings. The molecular formula is C28H31F4N3O3S. The van der Waals surface area contributed by atoms with Crippen LogP contribution in [0.15, 0.2) is 41.4 Å². The average Bonchev–Trinajstić information content (AvgIpc) is 2.94. The summed E-state index contributed by atoms with van der Waals surface area (Å²) in [5.74, 6) is -3.37. The number of carbonyl (C=O) groups is 1. The van der Waals surface area contributed by atoms with Crippen molar-refractivity contribution < 1.29 is 32.3 Å². The Bertz CT molecular complexity index is 1310. The predicted molar refractivity (Wildman–Crippen MR) is 141 cm³/mol. The van der Waals surface area contributed by atoms with Crippen molar-refractivity contribution in [2.75, 3.05) is 32.5 Å². The lowest BCUT2D eigenvalue weighted by atomic mass is 9.73. The number of hydrogen-bond acceptors (Lipinski definition) is 6. The molecule has 1 fully saturated rings.